The van der Waals surface area contributed by atoms with Gasteiger partial charge in [-0.1, -0.05) is 23.2 Å². The highest BCUT2D eigenvalue weighted by atomic mass is 35.5. The van der Waals surface area contributed by atoms with E-state index in [0.29, 0.717) is 5.02 Å². The van der Waals surface area contributed by atoms with Crippen LogP contribution in [0.5, 0.6) is 5.75 Å². The first-order valence-corrected chi connectivity index (χ1v) is 8.05. The molecule has 1 amide bonds. The number of carbonyl (C=O) groups is 2. The normalized spacial score (nSPS) is 11.6. The molecule has 0 aliphatic rings. The standard InChI is InChI=1S/C17H13Cl2F2NO4/c1-9(26-15-5-2-10(18)6-12(15)19)17(24)25-8-16(23)22-14-7-11(20)3-4-13(14)21/h2-7,9H,8H2,1H3,(H,22,23). The Kier molecular flexibility index (Phi) is 6.76. The lowest BCUT2D eigenvalue weighted by atomic mass is 10.3. The molecule has 0 aromatic heterocycles. The monoisotopic (exact) mass is 403 g/mol. The van der Waals surface area contributed by atoms with E-state index in [9.17, 15) is 18.4 Å². The van der Waals surface area contributed by atoms with Crippen LogP contribution in [0.3, 0.4) is 0 Å². The van der Waals surface area contributed by atoms with Crippen LogP contribution in [0.2, 0.25) is 10.0 Å². The van der Waals surface area contributed by atoms with E-state index in [0.717, 1.165) is 18.2 Å². The Bertz CT molecular complexity index is 832. The lowest BCUT2D eigenvalue weighted by Crippen LogP contribution is -2.30. The van der Waals surface area contributed by atoms with Gasteiger partial charge >= 0.3 is 5.97 Å². The van der Waals surface area contributed by atoms with Crippen LogP contribution in [-0.2, 0) is 14.3 Å². The highest BCUT2D eigenvalue weighted by Gasteiger charge is 2.19. The minimum Gasteiger partial charge on any atom is -0.477 e. The van der Waals surface area contributed by atoms with Crippen LogP contribution in [0.15, 0.2) is 36.4 Å². The summed E-state index contributed by atoms with van der Waals surface area (Å²) in [5.74, 6) is -3.00. The highest BCUT2D eigenvalue weighted by Crippen LogP contribution is 2.28. The second-order valence-electron chi connectivity index (χ2n) is 5.11. The summed E-state index contributed by atoms with van der Waals surface area (Å²) in [4.78, 5) is 23.6. The number of carbonyl (C=O) groups excluding carboxylic acids is 2. The van der Waals surface area contributed by atoms with Crippen LogP contribution in [-0.4, -0.2) is 24.6 Å². The zero-order chi connectivity index (χ0) is 19.3. The van der Waals surface area contributed by atoms with Crippen molar-refractivity contribution in [3.05, 3.63) is 58.1 Å². The fourth-order valence-corrected chi connectivity index (χ4v) is 2.30. The molecule has 1 atom stereocenters. The third-order valence-electron chi connectivity index (χ3n) is 3.08. The molecule has 1 N–H and O–H groups in total. The number of esters is 1. The fourth-order valence-electron chi connectivity index (χ4n) is 1.84. The van der Waals surface area contributed by atoms with Crippen LogP contribution in [0, 0.1) is 11.6 Å². The van der Waals surface area contributed by atoms with E-state index in [-0.39, 0.29) is 16.5 Å². The summed E-state index contributed by atoms with van der Waals surface area (Å²) in [6.45, 7) is 0.703. The lowest BCUT2D eigenvalue weighted by Gasteiger charge is -2.15. The number of halogens is 4. The first kappa shape index (κ1) is 19.9. The first-order valence-electron chi connectivity index (χ1n) is 7.29. The molecule has 2 aromatic rings. The largest absolute Gasteiger partial charge is 0.477 e. The number of amides is 1. The van der Waals surface area contributed by atoms with Gasteiger partial charge in [-0.2, -0.15) is 0 Å². The van der Waals surface area contributed by atoms with Gasteiger partial charge in [-0.05, 0) is 37.3 Å². The summed E-state index contributed by atoms with van der Waals surface area (Å²) in [5.41, 5.74) is -0.358. The predicted molar refractivity (Wildman–Crippen MR) is 92.5 cm³/mol. The van der Waals surface area contributed by atoms with Gasteiger partial charge in [0.05, 0.1) is 10.7 Å². The molecule has 2 rings (SSSR count). The molecule has 9 heteroatoms. The van der Waals surface area contributed by atoms with Gasteiger partial charge in [0.15, 0.2) is 12.7 Å². The van der Waals surface area contributed by atoms with E-state index < -0.39 is 36.2 Å². The third-order valence-corrected chi connectivity index (χ3v) is 3.61. The van der Waals surface area contributed by atoms with E-state index in [1.165, 1.54) is 25.1 Å². The summed E-state index contributed by atoms with van der Waals surface area (Å²) >= 11 is 11.7. The van der Waals surface area contributed by atoms with E-state index in [1.54, 1.807) is 0 Å². The van der Waals surface area contributed by atoms with E-state index in [1.807, 2.05) is 0 Å². The average Bonchev–Trinajstić information content (AvgIpc) is 2.58. The Balaban J connectivity index is 1.87. The minimum atomic E-state index is -1.06. The Morgan fingerprint density at radius 3 is 2.58 bits per heavy atom. The molecular formula is C17H13Cl2F2NO4. The molecule has 0 bridgehead atoms. The second kappa shape index (κ2) is 8.82. The Morgan fingerprint density at radius 2 is 1.88 bits per heavy atom. The van der Waals surface area contributed by atoms with Crippen molar-refractivity contribution in [1.82, 2.24) is 0 Å². The minimum absolute atomic E-state index is 0.205. The number of anilines is 1. The van der Waals surface area contributed by atoms with Crippen molar-refractivity contribution in [1.29, 1.82) is 0 Å². The van der Waals surface area contributed by atoms with Gasteiger partial charge in [0.1, 0.15) is 17.4 Å². The fraction of sp³-hybridized carbons (Fsp3) is 0.176. The molecule has 138 valence electrons. The second-order valence-corrected chi connectivity index (χ2v) is 5.96. The van der Waals surface area contributed by atoms with E-state index in [4.69, 9.17) is 32.7 Å². The molecule has 0 aliphatic heterocycles. The maximum atomic E-state index is 13.4. The molecule has 0 fully saturated rings. The molecule has 0 aliphatic carbocycles. The molecule has 0 spiro atoms. The maximum absolute atomic E-state index is 13.4. The predicted octanol–water partition coefficient (Wildman–Crippen LogP) is 4.22. The van der Waals surface area contributed by atoms with Gasteiger partial charge in [0.2, 0.25) is 0 Å². The molecular weight excluding hydrogens is 391 g/mol. The van der Waals surface area contributed by atoms with Crippen LogP contribution in [0.25, 0.3) is 0 Å². The van der Waals surface area contributed by atoms with Crippen LogP contribution in [0.1, 0.15) is 6.92 Å². The molecule has 26 heavy (non-hydrogen) atoms. The molecule has 2 aromatic carbocycles. The summed E-state index contributed by atoms with van der Waals surface area (Å²) in [6, 6.07) is 7.03. The van der Waals surface area contributed by atoms with Crippen LogP contribution >= 0.6 is 23.2 Å². The highest BCUT2D eigenvalue weighted by molar-refractivity contribution is 6.35. The zero-order valence-electron chi connectivity index (χ0n) is 13.4. The van der Waals surface area contributed by atoms with Crippen molar-refractivity contribution >= 4 is 40.8 Å². The van der Waals surface area contributed by atoms with Gasteiger partial charge < -0.3 is 14.8 Å². The number of benzene rings is 2. The molecule has 5 nitrogen and oxygen atoms in total. The Morgan fingerprint density at radius 1 is 1.15 bits per heavy atom. The third kappa shape index (κ3) is 5.57. The summed E-state index contributed by atoms with van der Waals surface area (Å²) in [6.07, 6.45) is -1.06. The average molecular weight is 404 g/mol. The number of hydrogen-bond acceptors (Lipinski definition) is 4. The number of ether oxygens (including phenoxy) is 2. The summed E-state index contributed by atoms with van der Waals surface area (Å²) in [5, 5.41) is 2.71. The number of rotatable bonds is 6. The smallest absolute Gasteiger partial charge is 0.347 e. The zero-order valence-corrected chi connectivity index (χ0v) is 14.9. The Hall–Kier alpha value is -2.38. The van der Waals surface area contributed by atoms with Crippen molar-refractivity contribution in [2.24, 2.45) is 0 Å². The first-order chi connectivity index (χ1) is 12.3. The molecule has 0 radical (unpaired) electrons. The SMILES string of the molecule is CC(Oc1ccc(Cl)cc1Cl)C(=O)OCC(=O)Nc1cc(F)ccc1F. The molecule has 0 saturated heterocycles. The number of hydrogen-bond donors (Lipinski definition) is 1. The number of nitrogens with one attached hydrogen (secondary N) is 1. The van der Waals surface area contributed by atoms with Crippen molar-refractivity contribution in [3.8, 4) is 5.75 Å². The summed E-state index contributed by atoms with van der Waals surface area (Å²) in [7, 11) is 0. The van der Waals surface area contributed by atoms with E-state index >= 15 is 0 Å². The van der Waals surface area contributed by atoms with Crippen LogP contribution in [0.4, 0.5) is 14.5 Å². The van der Waals surface area contributed by atoms with Gasteiger partial charge in [-0.25, -0.2) is 13.6 Å². The van der Waals surface area contributed by atoms with Gasteiger partial charge in [-0.3, -0.25) is 4.79 Å². The topological polar surface area (TPSA) is 64.6 Å². The van der Waals surface area contributed by atoms with E-state index in [2.05, 4.69) is 5.32 Å². The molecule has 1 unspecified atom stereocenters. The molecule has 0 saturated carbocycles. The summed E-state index contributed by atoms with van der Waals surface area (Å²) < 4.78 is 36.6. The quantitative estimate of drug-likeness (QED) is 0.733. The van der Waals surface area contributed by atoms with Crippen molar-refractivity contribution < 1.29 is 27.8 Å². The van der Waals surface area contributed by atoms with Crippen LogP contribution < -0.4 is 10.1 Å². The van der Waals surface area contributed by atoms with Gasteiger partial charge in [0.25, 0.3) is 5.91 Å². The van der Waals surface area contributed by atoms with Gasteiger partial charge in [-0.15, -0.1) is 0 Å². The Labute approximate surface area is 157 Å². The van der Waals surface area contributed by atoms with Crippen molar-refractivity contribution in [3.63, 3.8) is 0 Å². The van der Waals surface area contributed by atoms with Gasteiger partial charge in [0, 0.05) is 11.1 Å². The lowest BCUT2D eigenvalue weighted by molar-refractivity contribution is -0.153. The maximum Gasteiger partial charge on any atom is 0.347 e. The van der Waals surface area contributed by atoms with Crippen molar-refractivity contribution in [2.45, 2.75) is 13.0 Å². The molecule has 0 heterocycles. The van der Waals surface area contributed by atoms with Crippen molar-refractivity contribution in [2.75, 3.05) is 11.9 Å².